The molecule has 4 heteroatoms. The van der Waals surface area contributed by atoms with Crippen LogP contribution in [0, 0.1) is 17.8 Å². The van der Waals surface area contributed by atoms with Gasteiger partial charge in [-0.1, -0.05) is 24.9 Å². The highest BCUT2D eigenvalue weighted by atomic mass is 79.9. The molecule has 0 bridgehead atoms. The van der Waals surface area contributed by atoms with E-state index < -0.39 is 0 Å². The molecule has 116 valence electrons. The number of halogens is 2. The van der Waals surface area contributed by atoms with Crippen LogP contribution in [0.5, 0.6) is 5.75 Å². The Bertz CT molecular complexity index is 512. The van der Waals surface area contributed by atoms with E-state index in [9.17, 15) is 0 Å². The van der Waals surface area contributed by atoms with E-state index in [1.807, 2.05) is 6.07 Å². The van der Waals surface area contributed by atoms with Gasteiger partial charge < -0.3 is 10.1 Å². The van der Waals surface area contributed by atoms with E-state index in [0.717, 1.165) is 46.0 Å². The van der Waals surface area contributed by atoms with Gasteiger partial charge in [0.1, 0.15) is 5.75 Å². The second kappa shape index (κ2) is 6.47. The maximum absolute atomic E-state index is 6.29. The number of benzene rings is 1. The highest BCUT2D eigenvalue weighted by Gasteiger charge is 2.56. The summed E-state index contributed by atoms with van der Waals surface area (Å²) in [6.45, 7) is 3.25. The molecule has 1 aromatic rings. The first-order valence-electron chi connectivity index (χ1n) is 7.93. The molecule has 1 aromatic carbocycles. The minimum atomic E-state index is 0.366. The third-order valence-corrected chi connectivity index (χ3v) is 5.86. The second-order valence-electron chi connectivity index (χ2n) is 6.28. The van der Waals surface area contributed by atoms with E-state index in [2.05, 4.69) is 34.2 Å². The zero-order chi connectivity index (χ0) is 15.0. The van der Waals surface area contributed by atoms with Crippen molar-refractivity contribution in [3.05, 3.63) is 27.2 Å². The number of fused-ring (bicyclic) bond motifs is 1. The van der Waals surface area contributed by atoms with E-state index in [-0.39, 0.29) is 0 Å². The van der Waals surface area contributed by atoms with Crippen molar-refractivity contribution < 1.29 is 4.74 Å². The summed E-state index contributed by atoms with van der Waals surface area (Å²) in [5, 5.41) is 4.52. The van der Waals surface area contributed by atoms with Crippen LogP contribution >= 0.6 is 27.5 Å². The molecule has 3 rings (SSSR count). The van der Waals surface area contributed by atoms with Gasteiger partial charge in [-0.25, -0.2) is 0 Å². The fraction of sp³-hybridized carbons (Fsp3) is 0.647. The number of ether oxygens (including phenoxy) is 1. The molecule has 2 saturated carbocycles. The number of rotatable bonds is 6. The van der Waals surface area contributed by atoms with Gasteiger partial charge in [-0.15, -0.1) is 0 Å². The Morgan fingerprint density at radius 2 is 2.10 bits per heavy atom. The monoisotopic (exact) mass is 371 g/mol. The molecule has 0 amide bonds. The summed E-state index contributed by atoms with van der Waals surface area (Å²) in [6, 6.07) is 4.35. The summed E-state index contributed by atoms with van der Waals surface area (Å²) in [5.41, 5.74) is 1.21. The molecule has 0 heterocycles. The Kier molecular flexibility index (Phi) is 4.82. The van der Waals surface area contributed by atoms with Crippen molar-refractivity contribution in [2.75, 3.05) is 13.7 Å². The van der Waals surface area contributed by atoms with Crippen molar-refractivity contribution >= 4 is 27.5 Å². The van der Waals surface area contributed by atoms with Gasteiger partial charge in [-0.2, -0.15) is 0 Å². The Hall–Kier alpha value is -0.250. The third kappa shape index (κ3) is 2.97. The molecule has 21 heavy (non-hydrogen) atoms. The van der Waals surface area contributed by atoms with Gasteiger partial charge in [-0.05, 0) is 71.6 Å². The molecule has 0 radical (unpaired) electrons. The fourth-order valence-electron chi connectivity index (χ4n) is 4.15. The molecule has 2 fully saturated rings. The highest BCUT2D eigenvalue weighted by molar-refractivity contribution is 9.10. The normalized spacial score (nSPS) is 28.3. The number of nitrogens with one attached hydrogen (secondary N) is 1. The van der Waals surface area contributed by atoms with Gasteiger partial charge in [0, 0.05) is 16.6 Å². The van der Waals surface area contributed by atoms with Crippen LogP contribution in [0.2, 0.25) is 5.02 Å². The van der Waals surface area contributed by atoms with Crippen LogP contribution in [0.25, 0.3) is 0 Å². The average Bonchev–Trinajstić information content (AvgIpc) is 2.92. The number of hydrogen-bond acceptors (Lipinski definition) is 2. The van der Waals surface area contributed by atoms with Crippen LogP contribution in [-0.2, 0) is 0 Å². The Balaban J connectivity index is 1.92. The highest BCUT2D eigenvalue weighted by Crippen LogP contribution is 2.63. The van der Waals surface area contributed by atoms with Gasteiger partial charge in [-0.3, -0.25) is 0 Å². The van der Waals surface area contributed by atoms with E-state index in [0.29, 0.717) is 6.04 Å². The average molecular weight is 373 g/mol. The maximum atomic E-state index is 6.29. The van der Waals surface area contributed by atoms with Crippen molar-refractivity contribution in [2.45, 2.75) is 38.6 Å². The van der Waals surface area contributed by atoms with Gasteiger partial charge in [0.2, 0.25) is 0 Å². The van der Waals surface area contributed by atoms with Crippen LogP contribution in [0.4, 0.5) is 0 Å². The van der Waals surface area contributed by atoms with Crippen molar-refractivity contribution in [3.63, 3.8) is 0 Å². The predicted octanol–water partition coefficient (Wildman–Crippen LogP) is 5.20. The molecule has 2 aliphatic carbocycles. The summed E-state index contributed by atoms with van der Waals surface area (Å²) in [7, 11) is 1.74. The molecular weight excluding hydrogens is 350 g/mol. The lowest BCUT2D eigenvalue weighted by Crippen LogP contribution is -2.26. The standard InChI is InChI=1S/C17H23BrClNO/c1-3-7-20-16(15-11-5-4-6-12(11)15)13-8-10(19)9-14(18)17(13)21-2/h8-9,11-12,15-16,20H,3-7H2,1-2H3. The number of hydrogen-bond donors (Lipinski definition) is 1. The first-order valence-corrected chi connectivity index (χ1v) is 9.10. The summed E-state index contributed by atoms with van der Waals surface area (Å²) in [5.74, 6) is 3.49. The SMILES string of the molecule is CCCNC(c1cc(Cl)cc(Br)c1OC)C1C2CCCC21. The first-order chi connectivity index (χ1) is 10.2. The summed E-state index contributed by atoms with van der Waals surface area (Å²) in [4.78, 5) is 0. The maximum Gasteiger partial charge on any atom is 0.137 e. The van der Waals surface area contributed by atoms with Crippen molar-refractivity contribution in [2.24, 2.45) is 17.8 Å². The topological polar surface area (TPSA) is 21.3 Å². The van der Waals surface area contributed by atoms with Crippen molar-refractivity contribution in [3.8, 4) is 5.75 Å². The van der Waals surface area contributed by atoms with Gasteiger partial charge in [0.15, 0.2) is 0 Å². The second-order valence-corrected chi connectivity index (χ2v) is 7.57. The molecule has 3 atom stereocenters. The lowest BCUT2D eigenvalue weighted by atomic mass is 9.96. The smallest absolute Gasteiger partial charge is 0.137 e. The van der Waals surface area contributed by atoms with Gasteiger partial charge >= 0.3 is 0 Å². The molecule has 2 aliphatic rings. The quantitative estimate of drug-likeness (QED) is 0.741. The molecule has 3 unspecified atom stereocenters. The van der Waals surface area contributed by atoms with Crippen molar-refractivity contribution in [1.82, 2.24) is 5.32 Å². The molecule has 0 aromatic heterocycles. The van der Waals surface area contributed by atoms with Crippen LogP contribution < -0.4 is 10.1 Å². The molecule has 2 nitrogen and oxygen atoms in total. The van der Waals surface area contributed by atoms with E-state index in [4.69, 9.17) is 16.3 Å². The number of methoxy groups -OCH3 is 1. The first kappa shape index (κ1) is 15.6. The third-order valence-electron chi connectivity index (χ3n) is 5.05. The van der Waals surface area contributed by atoms with Crippen LogP contribution in [-0.4, -0.2) is 13.7 Å². The lowest BCUT2D eigenvalue weighted by molar-refractivity contribution is 0.373. The molecule has 1 N–H and O–H groups in total. The van der Waals surface area contributed by atoms with Crippen LogP contribution in [0.3, 0.4) is 0 Å². The molecule has 0 aliphatic heterocycles. The Labute approximate surface area is 140 Å². The van der Waals surface area contributed by atoms with E-state index >= 15 is 0 Å². The zero-order valence-corrected chi connectivity index (χ0v) is 15.0. The Morgan fingerprint density at radius 1 is 1.38 bits per heavy atom. The Morgan fingerprint density at radius 3 is 2.71 bits per heavy atom. The molecule has 0 spiro atoms. The van der Waals surface area contributed by atoms with E-state index in [1.165, 1.54) is 24.8 Å². The summed E-state index contributed by atoms with van der Waals surface area (Å²) in [6.07, 6.45) is 5.33. The molecular formula is C17H23BrClNO. The van der Waals surface area contributed by atoms with E-state index in [1.54, 1.807) is 7.11 Å². The van der Waals surface area contributed by atoms with Crippen molar-refractivity contribution in [1.29, 1.82) is 0 Å². The van der Waals surface area contributed by atoms with Crippen LogP contribution in [0.15, 0.2) is 16.6 Å². The predicted molar refractivity (Wildman–Crippen MR) is 91.1 cm³/mol. The fourth-order valence-corrected chi connectivity index (χ4v) is 5.15. The largest absolute Gasteiger partial charge is 0.495 e. The van der Waals surface area contributed by atoms with Gasteiger partial charge in [0.25, 0.3) is 0 Å². The summed E-state index contributed by atoms with van der Waals surface area (Å²) < 4.78 is 6.59. The minimum absolute atomic E-state index is 0.366. The minimum Gasteiger partial charge on any atom is -0.495 e. The lowest BCUT2D eigenvalue weighted by Gasteiger charge is -2.24. The summed E-state index contributed by atoms with van der Waals surface area (Å²) >= 11 is 9.88. The van der Waals surface area contributed by atoms with Gasteiger partial charge in [0.05, 0.1) is 11.6 Å². The molecule has 0 saturated heterocycles. The van der Waals surface area contributed by atoms with Crippen LogP contribution in [0.1, 0.15) is 44.2 Å². The zero-order valence-electron chi connectivity index (χ0n) is 12.7.